The van der Waals surface area contributed by atoms with Gasteiger partial charge in [0.25, 0.3) is 5.91 Å². The molecule has 10 heteroatoms. The highest BCUT2D eigenvalue weighted by molar-refractivity contribution is 6.34. The minimum atomic E-state index is -0.434. The van der Waals surface area contributed by atoms with Crippen LogP contribution >= 0.6 is 11.6 Å². The third kappa shape index (κ3) is 5.78. The molecule has 2 aromatic carbocycles. The van der Waals surface area contributed by atoms with Crippen molar-refractivity contribution in [2.24, 2.45) is 0 Å². The molecule has 8 nitrogen and oxygen atoms in total. The van der Waals surface area contributed by atoms with Crippen LogP contribution < -0.4 is 16.0 Å². The second-order valence-electron chi connectivity index (χ2n) is 6.91. The summed E-state index contributed by atoms with van der Waals surface area (Å²) in [5.41, 5.74) is 2.14. The molecule has 2 aromatic heterocycles. The molecule has 0 bridgehead atoms. The third-order valence-corrected chi connectivity index (χ3v) is 4.84. The van der Waals surface area contributed by atoms with E-state index in [-0.39, 0.29) is 16.6 Å². The van der Waals surface area contributed by atoms with Crippen molar-refractivity contribution in [2.75, 3.05) is 17.2 Å². The van der Waals surface area contributed by atoms with E-state index in [4.69, 9.17) is 20.4 Å². The number of nitrogens with zero attached hydrogens (tertiary/aromatic N) is 1. The number of carbonyl (C=O) groups is 2. The van der Waals surface area contributed by atoms with E-state index in [0.717, 1.165) is 0 Å². The molecule has 0 saturated carbocycles. The highest BCUT2D eigenvalue weighted by Gasteiger charge is 2.12. The Morgan fingerprint density at radius 2 is 1.85 bits per heavy atom. The van der Waals surface area contributed by atoms with Gasteiger partial charge in [-0.15, -0.1) is 0 Å². The van der Waals surface area contributed by atoms with Crippen LogP contribution in [0.4, 0.5) is 20.6 Å². The third-order valence-electron chi connectivity index (χ3n) is 4.53. The number of benzene rings is 2. The fourth-order valence-electron chi connectivity index (χ4n) is 2.91. The van der Waals surface area contributed by atoms with Crippen molar-refractivity contribution < 1.29 is 22.8 Å². The molecule has 0 saturated heterocycles. The van der Waals surface area contributed by atoms with Gasteiger partial charge in [-0.25, -0.2) is 14.2 Å². The fraction of sp³-hybridized carbons (Fsp3) is 0.0870. The number of carbonyl (C=O) groups excluding carboxylic acids is 2. The topological polar surface area (TPSA) is 109 Å². The number of oxazole rings is 1. The first-order chi connectivity index (χ1) is 16.0. The minimum Gasteiger partial charge on any atom is -0.459 e. The van der Waals surface area contributed by atoms with Crippen LogP contribution in [-0.2, 0) is 6.42 Å². The maximum absolute atomic E-state index is 13.0. The van der Waals surface area contributed by atoms with Crippen LogP contribution in [0.5, 0.6) is 0 Å². The quantitative estimate of drug-likeness (QED) is 0.339. The monoisotopic (exact) mass is 468 g/mol. The van der Waals surface area contributed by atoms with E-state index in [2.05, 4.69) is 20.9 Å². The number of amides is 3. The standard InChI is InChI=1S/C23H18ClFN4O4/c24-18-12-16(7-8-19(18)29-21(30)20-2-1-11-32-20)28-23(31)26-10-9-17-13-33-22(27-17)14-3-5-15(25)6-4-14/h1-8,11-13H,9-10H2,(H,29,30)(H2,26,28,31). The van der Waals surface area contributed by atoms with Gasteiger partial charge in [-0.3, -0.25) is 4.79 Å². The lowest BCUT2D eigenvalue weighted by molar-refractivity contribution is 0.0996. The van der Waals surface area contributed by atoms with Gasteiger partial charge in [0.2, 0.25) is 5.89 Å². The normalized spacial score (nSPS) is 10.6. The highest BCUT2D eigenvalue weighted by atomic mass is 35.5. The maximum atomic E-state index is 13.0. The summed E-state index contributed by atoms with van der Waals surface area (Å²) < 4.78 is 23.5. The Bertz CT molecular complexity index is 1260. The Morgan fingerprint density at radius 3 is 2.58 bits per heavy atom. The molecule has 0 aliphatic rings. The zero-order valence-electron chi connectivity index (χ0n) is 17.1. The summed E-state index contributed by atoms with van der Waals surface area (Å²) in [6.45, 7) is 0.312. The zero-order chi connectivity index (χ0) is 23.2. The Kier molecular flexibility index (Phi) is 6.70. The number of aromatic nitrogens is 1. The van der Waals surface area contributed by atoms with Gasteiger partial charge in [-0.05, 0) is 54.6 Å². The van der Waals surface area contributed by atoms with Crippen LogP contribution in [0.25, 0.3) is 11.5 Å². The lowest BCUT2D eigenvalue weighted by Gasteiger charge is -2.10. The molecule has 4 rings (SSSR count). The molecule has 33 heavy (non-hydrogen) atoms. The van der Waals surface area contributed by atoms with Crippen molar-refractivity contribution in [1.29, 1.82) is 0 Å². The van der Waals surface area contributed by atoms with Gasteiger partial charge in [0.15, 0.2) is 5.76 Å². The first kappa shape index (κ1) is 22.1. The van der Waals surface area contributed by atoms with Crippen LogP contribution in [0.15, 0.2) is 76.0 Å². The van der Waals surface area contributed by atoms with E-state index in [9.17, 15) is 14.0 Å². The average Bonchev–Trinajstić information content (AvgIpc) is 3.49. The fourth-order valence-corrected chi connectivity index (χ4v) is 3.14. The van der Waals surface area contributed by atoms with E-state index in [1.54, 1.807) is 30.3 Å². The molecule has 3 N–H and O–H groups in total. The van der Waals surface area contributed by atoms with Gasteiger partial charge in [-0.2, -0.15) is 0 Å². The Balaban J connectivity index is 1.25. The van der Waals surface area contributed by atoms with Crippen LogP contribution in [0.2, 0.25) is 5.02 Å². The average molecular weight is 469 g/mol. The SMILES string of the molecule is O=C(NCCc1coc(-c2ccc(F)cc2)n1)Nc1ccc(NC(=O)c2ccco2)c(Cl)c1. The van der Waals surface area contributed by atoms with Crippen molar-refractivity contribution in [3.05, 3.63) is 89.4 Å². The molecule has 0 radical (unpaired) electrons. The van der Waals surface area contributed by atoms with E-state index in [1.165, 1.54) is 36.8 Å². The van der Waals surface area contributed by atoms with E-state index in [1.807, 2.05) is 0 Å². The Labute approximate surface area is 192 Å². The number of anilines is 2. The predicted molar refractivity (Wildman–Crippen MR) is 121 cm³/mol. The molecule has 2 heterocycles. The first-order valence-corrected chi connectivity index (χ1v) is 10.3. The summed E-state index contributed by atoms with van der Waals surface area (Å²) >= 11 is 6.21. The van der Waals surface area contributed by atoms with Crippen molar-refractivity contribution >= 4 is 34.9 Å². The molecule has 0 fully saturated rings. The second-order valence-corrected chi connectivity index (χ2v) is 7.32. The van der Waals surface area contributed by atoms with Gasteiger partial charge in [0.1, 0.15) is 12.1 Å². The number of urea groups is 1. The van der Waals surface area contributed by atoms with Gasteiger partial charge in [-0.1, -0.05) is 11.6 Å². The molecule has 168 valence electrons. The van der Waals surface area contributed by atoms with Gasteiger partial charge >= 0.3 is 6.03 Å². The summed E-state index contributed by atoms with van der Waals surface area (Å²) in [4.78, 5) is 28.5. The lowest BCUT2D eigenvalue weighted by Crippen LogP contribution is -2.30. The molecule has 4 aromatic rings. The molecule has 0 unspecified atom stereocenters. The highest BCUT2D eigenvalue weighted by Crippen LogP contribution is 2.26. The van der Waals surface area contributed by atoms with Crippen molar-refractivity contribution in [3.63, 3.8) is 0 Å². The lowest BCUT2D eigenvalue weighted by atomic mass is 10.2. The van der Waals surface area contributed by atoms with Gasteiger partial charge < -0.3 is 24.8 Å². The van der Waals surface area contributed by atoms with Crippen molar-refractivity contribution in [3.8, 4) is 11.5 Å². The Hall–Kier alpha value is -4.11. The second kappa shape index (κ2) is 10.0. The summed E-state index contributed by atoms with van der Waals surface area (Å²) in [7, 11) is 0. The number of halogens is 2. The van der Waals surface area contributed by atoms with E-state index < -0.39 is 11.9 Å². The van der Waals surface area contributed by atoms with Gasteiger partial charge in [0.05, 0.1) is 22.7 Å². The largest absolute Gasteiger partial charge is 0.459 e. The van der Waals surface area contributed by atoms with Crippen LogP contribution in [-0.4, -0.2) is 23.5 Å². The maximum Gasteiger partial charge on any atom is 0.319 e. The van der Waals surface area contributed by atoms with Crippen LogP contribution in [0.1, 0.15) is 16.2 Å². The Morgan fingerprint density at radius 1 is 1.03 bits per heavy atom. The molecule has 0 spiro atoms. The number of furan rings is 1. The van der Waals surface area contributed by atoms with Crippen LogP contribution in [0, 0.1) is 5.82 Å². The molecular formula is C23H18ClFN4O4. The van der Waals surface area contributed by atoms with E-state index in [0.29, 0.717) is 41.5 Å². The summed E-state index contributed by atoms with van der Waals surface area (Å²) in [6.07, 6.45) is 3.33. The van der Waals surface area contributed by atoms with E-state index >= 15 is 0 Å². The number of nitrogens with one attached hydrogen (secondary N) is 3. The smallest absolute Gasteiger partial charge is 0.319 e. The van der Waals surface area contributed by atoms with Crippen molar-refractivity contribution in [1.82, 2.24) is 10.3 Å². The van der Waals surface area contributed by atoms with Crippen molar-refractivity contribution in [2.45, 2.75) is 6.42 Å². The van der Waals surface area contributed by atoms with Gasteiger partial charge in [0, 0.05) is 24.2 Å². The zero-order valence-corrected chi connectivity index (χ0v) is 17.9. The molecule has 0 atom stereocenters. The molecule has 0 aliphatic carbocycles. The summed E-state index contributed by atoms with van der Waals surface area (Å²) in [5, 5.41) is 8.27. The molecule has 3 amide bonds. The summed E-state index contributed by atoms with van der Waals surface area (Å²) in [6, 6.07) is 13.2. The number of hydrogen-bond acceptors (Lipinski definition) is 5. The number of rotatable bonds is 7. The van der Waals surface area contributed by atoms with Crippen LogP contribution in [0.3, 0.4) is 0 Å². The molecule has 0 aliphatic heterocycles. The minimum absolute atomic E-state index is 0.157. The summed E-state index contributed by atoms with van der Waals surface area (Å²) in [5.74, 6) is -0.237. The first-order valence-electron chi connectivity index (χ1n) is 9.87. The molecular weight excluding hydrogens is 451 g/mol. The number of hydrogen-bond donors (Lipinski definition) is 3. The predicted octanol–water partition coefficient (Wildman–Crippen LogP) is 5.34.